The van der Waals surface area contributed by atoms with Gasteiger partial charge in [0.25, 0.3) is 5.56 Å². The van der Waals surface area contributed by atoms with Crippen LogP contribution in [-0.4, -0.2) is 65.2 Å². The second kappa shape index (κ2) is 11.7. The molecule has 4 rings (SSSR count). The third-order valence-corrected chi connectivity index (χ3v) is 6.35. The van der Waals surface area contributed by atoms with E-state index in [1.807, 2.05) is 12.1 Å². The quantitative estimate of drug-likeness (QED) is 0.484. The number of benzene rings is 2. The van der Waals surface area contributed by atoms with E-state index in [0.29, 0.717) is 53.5 Å². The molecule has 1 aliphatic rings. The van der Waals surface area contributed by atoms with E-state index in [9.17, 15) is 19.5 Å². The Morgan fingerprint density at radius 2 is 1.87 bits per heavy atom. The van der Waals surface area contributed by atoms with Crippen molar-refractivity contribution in [1.29, 1.82) is 0 Å². The minimum atomic E-state index is -1.15. The molecule has 0 radical (unpaired) electrons. The first-order valence-electron chi connectivity index (χ1n) is 12.1. The van der Waals surface area contributed by atoms with Crippen LogP contribution in [0.15, 0.2) is 53.5 Å². The predicted molar refractivity (Wildman–Crippen MR) is 139 cm³/mol. The van der Waals surface area contributed by atoms with Gasteiger partial charge in [0, 0.05) is 25.6 Å². The summed E-state index contributed by atoms with van der Waals surface area (Å²) in [7, 11) is 4.57. The number of carboxylic acid groups (broad SMARTS) is 1. The van der Waals surface area contributed by atoms with E-state index in [4.69, 9.17) is 14.2 Å². The van der Waals surface area contributed by atoms with Crippen molar-refractivity contribution >= 4 is 12.0 Å². The SMILES string of the molecule is COc1cccc2c1OCCCN(C(=O)N[C@@H](Cc1ccc(-c3c(OC)cnn(C)c3=O)cc1)C(=O)O)C2. The molecular formula is C27H30N4O7. The number of carboxylic acids is 1. The molecule has 2 aromatic carbocycles. The number of nitrogens with one attached hydrogen (secondary N) is 1. The molecule has 0 bridgehead atoms. The van der Waals surface area contributed by atoms with Crippen LogP contribution < -0.4 is 25.1 Å². The van der Waals surface area contributed by atoms with Crippen LogP contribution in [0.25, 0.3) is 11.1 Å². The van der Waals surface area contributed by atoms with E-state index in [1.54, 1.807) is 49.4 Å². The van der Waals surface area contributed by atoms with Crippen LogP contribution in [0.2, 0.25) is 0 Å². The van der Waals surface area contributed by atoms with Crippen molar-refractivity contribution in [1.82, 2.24) is 20.0 Å². The number of carbonyl (C=O) groups excluding carboxylic acids is 1. The summed E-state index contributed by atoms with van der Waals surface area (Å²) in [5, 5.41) is 16.5. The summed E-state index contributed by atoms with van der Waals surface area (Å²) in [5.41, 5.74) is 2.12. The number of urea groups is 1. The summed E-state index contributed by atoms with van der Waals surface area (Å²) < 4.78 is 17.7. The maximum atomic E-state index is 13.1. The van der Waals surface area contributed by atoms with Crippen LogP contribution in [0.3, 0.4) is 0 Å². The molecule has 1 aliphatic heterocycles. The van der Waals surface area contributed by atoms with E-state index in [0.717, 1.165) is 5.56 Å². The zero-order chi connectivity index (χ0) is 27.2. The van der Waals surface area contributed by atoms with E-state index in [-0.39, 0.29) is 18.5 Å². The Morgan fingerprint density at radius 3 is 2.55 bits per heavy atom. The van der Waals surface area contributed by atoms with Crippen LogP contribution in [0, 0.1) is 0 Å². The number of fused-ring (bicyclic) bond motifs is 1. The Bertz CT molecular complexity index is 1370. The molecule has 11 heteroatoms. The van der Waals surface area contributed by atoms with Gasteiger partial charge >= 0.3 is 12.0 Å². The van der Waals surface area contributed by atoms with Gasteiger partial charge < -0.3 is 29.5 Å². The third-order valence-electron chi connectivity index (χ3n) is 6.35. The molecule has 2 heterocycles. The standard InChI is InChI=1S/C27H30N4O7/c1-30-25(32)23(22(37-3)15-28-30)18-10-8-17(9-11-18)14-20(26(33)34)29-27(35)31-12-5-13-38-24-19(16-31)6-4-7-21(24)36-2/h4,6-11,15,20H,5,12-14,16H2,1-3H3,(H,29,35)(H,33,34)/t20-/m0/s1. The number of para-hydroxylation sites is 1. The maximum absolute atomic E-state index is 13.1. The fraction of sp³-hybridized carbons (Fsp3) is 0.333. The summed E-state index contributed by atoms with van der Waals surface area (Å²) in [4.78, 5) is 39.4. The van der Waals surface area contributed by atoms with Gasteiger partial charge in [-0.1, -0.05) is 36.4 Å². The summed E-state index contributed by atoms with van der Waals surface area (Å²) in [6, 6.07) is 10.7. The highest BCUT2D eigenvalue weighted by Crippen LogP contribution is 2.33. The fourth-order valence-corrected chi connectivity index (χ4v) is 4.33. The molecule has 0 aliphatic carbocycles. The van der Waals surface area contributed by atoms with Gasteiger partial charge in [-0.15, -0.1) is 0 Å². The first kappa shape index (κ1) is 26.5. The minimum absolute atomic E-state index is 0.0637. The van der Waals surface area contributed by atoms with Crippen LogP contribution in [0.4, 0.5) is 4.79 Å². The summed E-state index contributed by atoms with van der Waals surface area (Å²) in [6.45, 7) is 1.06. The first-order valence-corrected chi connectivity index (χ1v) is 12.1. The predicted octanol–water partition coefficient (Wildman–Crippen LogP) is 2.45. The molecule has 0 fully saturated rings. The highest BCUT2D eigenvalue weighted by molar-refractivity contribution is 5.83. The second-order valence-electron chi connectivity index (χ2n) is 8.83. The van der Waals surface area contributed by atoms with Gasteiger partial charge in [0.1, 0.15) is 6.04 Å². The highest BCUT2D eigenvalue weighted by atomic mass is 16.5. The lowest BCUT2D eigenvalue weighted by molar-refractivity contribution is -0.139. The van der Waals surface area contributed by atoms with Gasteiger partial charge in [-0.25, -0.2) is 14.3 Å². The number of hydrogen-bond acceptors (Lipinski definition) is 7. The van der Waals surface area contributed by atoms with E-state index in [2.05, 4.69) is 10.4 Å². The zero-order valence-electron chi connectivity index (χ0n) is 21.5. The van der Waals surface area contributed by atoms with Gasteiger partial charge in [0.15, 0.2) is 17.2 Å². The molecule has 200 valence electrons. The molecule has 2 N–H and O–H groups in total. The van der Waals surface area contributed by atoms with Crippen LogP contribution in [-0.2, 0) is 24.8 Å². The van der Waals surface area contributed by atoms with E-state index >= 15 is 0 Å². The zero-order valence-corrected chi connectivity index (χ0v) is 21.5. The van der Waals surface area contributed by atoms with Gasteiger partial charge in [-0.3, -0.25) is 4.79 Å². The number of amides is 2. The van der Waals surface area contributed by atoms with Crippen molar-refractivity contribution in [2.75, 3.05) is 27.4 Å². The molecule has 0 saturated carbocycles. The number of ether oxygens (including phenoxy) is 3. The number of methoxy groups -OCH3 is 2. The van der Waals surface area contributed by atoms with Gasteiger partial charge in [-0.05, 0) is 23.6 Å². The van der Waals surface area contributed by atoms with Gasteiger partial charge in [0.2, 0.25) is 0 Å². The smallest absolute Gasteiger partial charge is 0.326 e. The Hall–Kier alpha value is -4.54. The van der Waals surface area contributed by atoms with Crippen molar-refractivity contribution in [2.45, 2.75) is 25.4 Å². The lowest BCUT2D eigenvalue weighted by atomic mass is 10.0. The van der Waals surface area contributed by atoms with E-state index in [1.165, 1.54) is 18.0 Å². The average molecular weight is 523 g/mol. The molecule has 3 aromatic rings. The molecule has 1 aromatic heterocycles. The summed E-state index contributed by atoms with van der Waals surface area (Å²) in [5.74, 6) is 0.362. The molecular weight excluding hydrogens is 492 g/mol. The molecule has 11 nitrogen and oxygen atoms in total. The van der Waals surface area contributed by atoms with Gasteiger partial charge in [0.05, 0.1) is 39.1 Å². The number of aliphatic carboxylic acids is 1. The largest absolute Gasteiger partial charge is 0.494 e. The summed E-state index contributed by atoms with van der Waals surface area (Å²) in [6.07, 6.45) is 2.11. The highest BCUT2D eigenvalue weighted by Gasteiger charge is 2.26. The minimum Gasteiger partial charge on any atom is -0.494 e. The Balaban J connectivity index is 1.49. The van der Waals surface area contributed by atoms with Crippen molar-refractivity contribution in [3.05, 3.63) is 70.1 Å². The number of carbonyl (C=O) groups is 2. The first-order chi connectivity index (χ1) is 18.3. The number of aryl methyl sites for hydroxylation is 1. The Kier molecular flexibility index (Phi) is 8.15. The van der Waals surface area contributed by atoms with Crippen molar-refractivity contribution in [2.24, 2.45) is 7.05 Å². The van der Waals surface area contributed by atoms with Crippen LogP contribution in [0.5, 0.6) is 17.2 Å². The monoisotopic (exact) mass is 522 g/mol. The number of hydrogen-bond donors (Lipinski definition) is 2. The van der Waals surface area contributed by atoms with Crippen molar-refractivity contribution in [3.63, 3.8) is 0 Å². The van der Waals surface area contributed by atoms with E-state index < -0.39 is 18.0 Å². The summed E-state index contributed by atoms with van der Waals surface area (Å²) >= 11 is 0. The van der Waals surface area contributed by atoms with Crippen molar-refractivity contribution in [3.8, 4) is 28.4 Å². The molecule has 0 spiro atoms. The number of aromatic nitrogens is 2. The number of rotatable bonds is 7. The van der Waals surface area contributed by atoms with Gasteiger partial charge in [-0.2, -0.15) is 5.10 Å². The Labute approximate surface area is 219 Å². The molecule has 2 amide bonds. The number of nitrogens with zero attached hydrogens (tertiary/aromatic N) is 3. The van der Waals surface area contributed by atoms with Crippen molar-refractivity contribution < 1.29 is 28.9 Å². The van der Waals surface area contributed by atoms with Crippen LogP contribution >= 0.6 is 0 Å². The second-order valence-corrected chi connectivity index (χ2v) is 8.83. The van der Waals surface area contributed by atoms with Crippen LogP contribution in [0.1, 0.15) is 17.5 Å². The topological polar surface area (TPSA) is 132 Å². The third kappa shape index (κ3) is 5.72. The lowest BCUT2D eigenvalue weighted by Crippen LogP contribution is -2.49. The lowest BCUT2D eigenvalue weighted by Gasteiger charge is -2.28. The average Bonchev–Trinajstić information content (AvgIpc) is 2.90. The molecule has 1 atom stereocenters. The molecule has 0 saturated heterocycles. The Morgan fingerprint density at radius 1 is 1.13 bits per heavy atom. The maximum Gasteiger partial charge on any atom is 0.326 e. The fourth-order valence-electron chi connectivity index (χ4n) is 4.33. The molecule has 0 unspecified atom stereocenters. The normalized spacial score (nSPS) is 13.8. The molecule has 38 heavy (non-hydrogen) atoms.